The highest BCUT2D eigenvalue weighted by molar-refractivity contribution is 5.80. The van der Waals surface area contributed by atoms with E-state index in [0.717, 1.165) is 77.0 Å². The summed E-state index contributed by atoms with van der Waals surface area (Å²) >= 11 is 0. The zero-order chi connectivity index (χ0) is 44.1. The van der Waals surface area contributed by atoms with Crippen LogP contribution in [0.1, 0.15) is 174 Å². The van der Waals surface area contributed by atoms with Gasteiger partial charge in [-0.2, -0.15) is 0 Å². The number of aliphatic hydroxyl groups excluding tert-OH is 7. The standard InChI is InChI=1S/C49H87NO10/c1-3-5-7-9-11-13-15-17-19-21-23-24-26-28-30-32-34-36-41(52)44(54)40(39-59-49-47(57)46(56)45(55)43(38-51)60-49)50-48(58)42(53)37-35-33-31-29-27-25-22-20-18-16-14-12-10-8-6-4-2/h12-15,18,20-21,23,28,30,40-47,49,51-57H,3-11,16-17,19,22,24-27,29,31-39H2,1-2H3,(H,50,58)/b14-12-,15-13+,20-18-,23-21+,30-28+. The number of carbonyl (C=O) groups excluding carboxylic acids is 1. The summed E-state index contributed by atoms with van der Waals surface area (Å²) in [6.45, 7) is 3.35. The Labute approximate surface area is 363 Å². The molecule has 348 valence electrons. The first-order valence-electron chi connectivity index (χ1n) is 23.7. The lowest BCUT2D eigenvalue weighted by molar-refractivity contribution is -0.303. The smallest absolute Gasteiger partial charge is 0.249 e. The number of amides is 1. The lowest BCUT2D eigenvalue weighted by Gasteiger charge is -2.40. The molecule has 11 heteroatoms. The Balaban J connectivity index is 2.50. The van der Waals surface area contributed by atoms with Crippen molar-refractivity contribution in [2.24, 2.45) is 0 Å². The van der Waals surface area contributed by atoms with Crippen molar-refractivity contribution in [3.63, 3.8) is 0 Å². The fraction of sp³-hybridized carbons (Fsp3) is 0.776. The average Bonchev–Trinajstić information content (AvgIpc) is 3.25. The third-order valence-corrected chi connectivity index (χ3v) is 11.0. The number of hydrogen-bond donors (Lipinski definition) is 8. The summed E-state index contributed by atoms with van der Waals surface area (Å²) in [5.74, 6) is -0.725. The van der Waals surface area contributed by atoms with Crippen LogP contribution in [-0.4, -0.2) is 110 Å². The highest BCUT2D eigenvalue weighted by atomic mass is 16.7. The highest BCUT2D eigenvalue weighted by Gasteiger charge is 2.44. The summed E-state index contributed by atoms with van der Waals surface area (Å²) in [6.07, 6.45) is 35.4. The van der Waals surface area contributed by atoms with Crippen molar-refractivity contribution in [3.05, 3.63) is 60.8 Å². The minimum atomic E-state index is -1.68. The largest absolute Gasteiger partial charge is 0.394 e. The predicted molar refractivity (Wildman–Crippen MR) is 242 cm³/mol. The molecule has 9 atom stereocenters. The molecule has 0 aromatic rings. The van der Waals surface area contributed by atoms with Crippen LogP contribution in [0.2, 0.25) is 0 Å². The zero-order valence-corrected chi connectivity index (χ0v) is 37.4. The fourth-order valence-corrected chi connectivity index (χ4v) is 7.03. The Kier molecular flexibility index (Phi) is 35.8. The minimum Gasteiger partial charge on any atom is -0.394 e. The Morgan fingerprint density at radius 3 is 1.62 bits per heavy atom. The van der Waals surface area contributed by atoms with Gasteiger partial charge in [-0.15, -0.1) is 0 Å². The lowest BCUT2D eigenvalue weighted by Crippen LogP contribution is -2.60. The molecule has 0 aromatic heterocycles. The molecule has 1 heterocycles. The number of nitrogens with one attached hydrogen (secondary N) is 1. The van der Waals surface area contributed by atoms with Crippen molar-refractivity contribution >= 4 is 5.91 Å². The molecular formula is C49H87NO10. The Bertz CT molecular complexity index is 1160. The van der Waals surface area contributed by atoms with Crippen LogP contribution in [0.25, 0.3) is 0 Å². The Morgan fingerprint density at radius 1 is 0.583 bits per heavy atom. The van der Waals surface area contributed by atoms with Crippen molar-refractivity contribution in [2.45, 2.75) is 229 Å². The van der Waals surface area contributed by atoms with E-state index in [1.54, 1.807) is 0 Å². The van der Waals surface area contributed by atoms with Crippen LogP contribution in [-0.2, 0) is 14.3 Å². The minimum absolute atomic E-state index is 0.234. The van der Waals surface area contributed by atoms with Crippen molar-refractivity contribution in [1.29, 1.82) is 0 Å². The first-order valence-corrected chi connectivity index (χ1v) is 23.7. The van der Waals surface area contributed by atoms with Crippen molar-refractivity contribution in [1.82, 2.24) is 5.32 Å². The van der Waals surface area contributed by atoms with Gasteiger partial charge in [0, 0.05) is 0 Å². The molecule has 0 saturated carbocycles. The molecule has 11 nitrogen and oxygen atoms in total. The van der Waals surface area contributed by atoms with Crippen LogP contribution >= 0.6 is 0 Å². The average molecular weight is 850 g/mol. The molecule has 0 radical (unpaired) electrons. The summed E-state index contributed by atoms with van der Waals surface area (Å²) in [5.41, 5.74) is 0. The topological polar surface area (TPSA) is 189 Å². The maximum atomic E-state index is 13.1. The van der Waals surface area contributed by atoms with Crippen LogP contribution < -0.4 is 5.32 Å². The Hall–Kier alpha value is -2.19. The number of unbranched alkanes of at least 4 members (excludes halogenated alkanes) is 16. The van der Waals surface area contributed by atoms with E-state index in [4.69, 9.17) is 9.47 Å². The van der Waals surface area contributed by atoms with Gasteiger partial charge in [0.25, 0.3) is 0 Å². The van der Waals surface area contributed by atoms with Gasteiger partial charge in [0.2, 0.25) is 5.91 Å². The highest BCUT2D eigenvalue weighted by Crippen LogP contribution is 2.23. The molecule has 1 saturated heterocycles. The molecular weight excluding hydrogens is 763 g/mol. The molecule has 1 amide bonds. The van der Waals surface area contributed by atoms with Gasteiger partial charge >= 0.3 is 0 Å². The second-order valence-corrected chi connectivity index (χ2v) is 16.4. The summed E-state index contributed by atoms with van der Waals surface area (Å²) in [6, 6.07) is -1.20. The summed E-state index contributed by atoms with van der Waals surface area (Å²) in [4.78, 5) is 13.1. The van der Waals surface area contributed by atoms with Gasteiger partial charge in [-0.25, -0.2) is 0 Å². The second kappa shape index (κ2) is 38.5. The summed E-state index contributed by atoms with van der Waals surface area (Å²) in [5, 5.41) is 75.7. The quantitative estimate of drug-likeness (QED) is 0.0224. The number of rotatable bonds is 38. The van der Waals surface area contributed by atoms with Crippen molar-refractivity contribution in [2.75, 3.05) is 13.2 Å². The monoisotopic (exact) mass is 850 g/mol. The maximum Gasteiger partial charge on any atom is 0.249 e. The van der Waals surface area contributed by atoms with Gasteiger partial charge in [0.05, 0.1) is 25.4 Å². The number of ether oxygens (including phenoxy) is 2. The van der Waals surface area contributed by atoms with Gasteiger partial charge in [0.15, 0.2) is 6.29 Å². The zero-order valence-electron chi connectivity index (χ0n) is 37.4. The number of allylic oxidation sites excluding steroid dienone is 10. The summed E-state index contributed by atoms with van der Waals surface area (Å²) < 4.78 is 11.1. The van der Waals surface area contributed by atoms with E-state index in [9.17, 15) is 40.5 Å². The van der Waals surface area contributed by atoms with Crippen LogP contribution in [0, 0.1) is 0 Å². The van der Waals surface area contributed by atoms with Gasteiger partial charge in [-0.1, -0.05) is 139 Å². The van der Waals surface area contributed by atoms with Crippen LogP contribution in [0.4, 0.5) is 0 Å². The van der Waals surface area contributed by atoms with Gasteiger partial charge in [-0.3, -0.25) is 4.79 Å². The normalized spacial score (nSPS) is 22.2. The first kappa shape index (κ1) is 55.8. The third-order valence-electron chi connectivity index (χ3n) is 11.0. The van der Waals surface area contributed by atoms with E-state index >= 15 is 0 Å². The number of hydrogen-bond acceptors (Lipinski definition) is 10. The molecule has 0 aromatic carbocycles. The van der Waals surface area contributed by atoms with E-state index in [1.807, 2.05) is 0 Å². The summed E-state index contributed by atoms with van der Waals surface area (Å²) in [7, 11) is 0. The molecule has 1 rings (SSSR count). The van der Waals surface area contributed by atoms with Gasteiger partial charge in [-0.05, 0) is 96.3 Å². The molecule has 1 fully saturated rings. The maximum absolute atomic E-state index is 13.1. The van der Waals surface area contributed by atoms with E-state index < -0.39 is 74.2 Å². The van der Waals surface area contributed by atoms with E-state index in [1.165, 1.54) is 51.4 Å². The van der Waals surface area contributed by atoms with Gasteiger partial charge < -0.3 is 50.5 Å². The lowest BCUT2D eigenvalue weighted by atomic mass is 9.98. The molecule has 9 unspecified atom stereocenters. The van der Waals surface area contributed by atoms with Crippen LogP contribution in [0.3, 0.4) is 0 Å². The van der Waals surface area contributed by atoms with Crippen LogP contribution in [0.5, 0.6) is 0 Å². The molecule has 1 aliphatic heterocycles. The predicted octanol–water partition coefficient (Wildman–Crippen LogP) is 7.94. The third kappa shape index (κ3) is 27.7. The van der Waals surface area contributed by atoms with Crippen molar-refractivity contribution in [3.8, 4) is 0 Å². The molecule has 0 aliphatic carbocycles. The molecule has 1 aliphatic rings. The Morgan fingerprint density at radius 2 is 1.05 bits per heavy atom. The number of carbonyl (C=O) groups is 1. The molecule has 60 heavy (non-hydrogen) atoms. The second-order valence-electron chi connectivity index (χ2n) is 16.4. The molecule has 8 N–H and O–H groups in total. The van der Waals surface area contributed by atoms with Crippen molar-refractivity contribution < 1.29 is 50.0 Å². The van der Waals surface area contributed by atoms with E-state index in [0.29, 0.717) is 19.3 Å². The fourth-order valence-electron chi connectivity index (χ4n) is 7.03. The SMILES string of the molecule is CCCCC/C=C\C/C=C\CCCCCCCCC(O)C(=O)NC(COC1OC(CO)C(O)C(O)C1O)C(O)C(O)CCC/C=C/CC/C=C/CC/C=C/CCCCCC. The molecule has 0 bridgehead atoms. The van der Waals surface area contributed by atoms with E-state index in [2.05, 4.69) is 79.9 Å². The first-order chi connectivity index (χ1) is 29.2. The molecule has 0 spiro atoms. The van der Waals surface area contributed by atoms with Gasteiger partial charge in [0.1, 0.15) is 36.6 Å². The van der Waals surface area contributed by atoms with Crippen LogP contribution in [0.15, 0.2) is 60.8 Å². The van der Waals surface area contributed by atoms with E-state index in [-0.39, 0.29) is 12.8 Å². The number of aliphatic hydroxyl groups is 7.